The predicted octanol–water partition coefficient (Wildman–Crippen LogP) is 4.30. The normalized spacial score (nSPS) is 11.1. The molecule has 2 aromatic carbocycles. The highest BCUT2D eigenvalue weighted by Crippen LogP contribution is 2.32. The Bertz CT molecular complexity index is 752. The first-order chi connectivity index (χ1) is 9.19. The molecule has 0 unspecified atom stereocenters. The Morgan fingerprint density at radius 3 is 2.84 bits per heavy atom. The quantitative estimate of drug-likeness (QED) is 0.543. The molecule has 0 fully saturated rings. The Balaban J connectivity index is 2.23. The van der Waals surface area contributed by atoms with Gasteiger partial charge >= 0.3 is 0 Å². The summed E-state index contributed by atoms with van der Waals surface area (Å²) in [5, 5.41) is 0. The number of fused-ring (bicyclic) bond motifs is 1. The summed E-state index contributed by atoms with van der Waals surface area (Å²) in [5.41, 5.74) is 9.53. The van der Waals surface area contributed by atoms with Crippen LogP contribution in [-0.4, -0.2) is 16.2 Å². The molecule has 3 nitrogen and oxygen atoms in total. The van der Waals surface area contributed by atoms with E-state index in [0.717, 1.165) is 26.9 Å². The number of imidazole rings is 1. The Morgan fingerprint density at radius 1 is 1.26 bits per heavy atom. The van der Waals surface area contributed by atoms with E-state index in [9.17, 15) is 0 Å². The second-order valence-corrected chi connectivity index (χ2v) is 5.94. The number of rotatable bonds is 2. The van der Waals surface area contributed by atoms with Crippen LogP contribution in [0, 0.1) is 0 Å². The maximum atomic E-state index is 6.00. The summed E-state index contributed by atoms with van der Waals surface area (Å²) in [5.74, 6) is 0.852. The third-order valence-electron chi connectivity index (χ3n) is 2.94. The first-order valence-electron chi connectivity index (χ1n) is 5.77. The lowest BCUT2D eigenvalue weighted by Gasteiger charge is -2.02. The van der Waals surface area contributed by atoms with E-state index >= 15 is 0 Å². The third-order valence-corrected chi connectivity index (χ3v) is 4.20. The van der Waals surface area contributed by atoms with E-state index in [2.05, 4.69) is 44.3 Å². The minimum absolute atomic E-state index is 0.675. The minimum atomic E-state index is 0.675. The SMILES string of the molecule is CSc1ccccc1-c1nc2c(N)cc(Br)cc2[nH]1. The van der Waals surface area contributed by atoms with Gasteiger partial charge in [-0.05, 0) is 24.5 Å². The molecular formula is C14H12BrN3S. The van der Waals surface area contributed by atoms with Gasteiger partial charge in [0.15, 0.2) is 0 Å². The Morgan fingerprint density at radius 2 is 2.05 bits per heavy atom. The van der Waals surface area contributed by atoms with Gasteiger partial charge in [0.2, 0.25) is 0 Å². The molecule has 0 bridgehead atoms. The lowest BCUT2D eigenvalue weighted by Crippen LogP contribution is -1.86. The maximum Gasteiger partial charge on any atom is 0.139 e. The number of nitrogen functional groups attached to an aromatic ring is 1. The zero-order chi connectivity index (χ0) is 13.4. The molecule has 96 valence electrons. The number of benzene rings is 2. The van der Waals surface area contributed by atoms with Gasteiger partial charge in [-0.25, -0.2) is 4.98 Å². The van der Waals surface area contributed by atoms with E-state index in [-0.39, 0.29) is 0 Å². The highest BCUT2D eigenvalue weighted by atomic mass is 79.9. The van der Waals surface area contributed by atoms with Crippen molar-refractivity contribution in [3.05, 3.63) is 40.9 Å². The lowest BCUT2D eigenvalue weighted by molar-refractivity contribution is 1.29. The maximum absolute atomic E-state index is 6.00. The van der Waals surface area contributed by atoms with Crippen molar-refractivity contribution >= 4 is 44.4 Å². The molecule has 0 aliphatic rings. The molecule has 0 saturated heterocycles. The molecule has 3 N–H and O–H groups in total. The van der Waals surface area contributed by atoms with Crippen LogP contribution in [0.1, 0.15) is 0 Å². The molecule has 5 heteroatoms. The largest absolute Gasteiger partial charge is 0.397 e. The summed E-state index contributed by atoms with van der Waals surface area (Å²) in [4.78, 5) is 9.14. The zero-order valence-corrected chi connectivity index (χ0v) is 12.7. The number of halogens is 1. The monoisotopic (exact) mass is 333 g/mol. The van der Waals surface area contributed by atoms with Crippen LogP contribution in [-0.2, 0) is 0 Å². The first kappa shape index (κ1) is 12.6. The third kappa shape index (κ3) is 2.24. The van der Waals surface area contributed by atoms with Crippen LogP contribution in [0.15, 0.2) is 45.8 Å². The van der Waals surface area contributed by atoms with Gasteiger partial charge in [-0.1, -0.05) is 34.1 Å². The summed E-state index contributed by atoms with van der Waals surface area (Å²) in [6, 6.07) is 12.1. The van der Waals surface area contributed by atoms with Crippen molar-refractivity contribution in [2.45, 2.75) is 4.90 Å². The minimum Gasteiger partial charge on any atom is -0.397 e. The summed E-state index contributed by atoms with van der Waals surface area (Å²) >= 11 is 5.15. The number of anilines is 1. The van der Waals surface area contributed by atoms with Crippen molar-refractivity contribution in [2.75, 3.05) is 12.0 Å². The molecule has 0 spiro atoms. The number of aromatic nitrogens is 2. The standard InChI is InChI=1S/C14H12BrN3S/c1-19-12-5-3-2-4-9(12)14-17-11-7-8(15)6-10(16)13(11)18-14/h2-7H,16H2,1H3,(H,17,18). The van der Waals surface area contributed by atoms with Crippen LogP contribution in [0.2, 0.25) is 0 Å². The molecule has 3 rings (SSSR count). The van der Waals surface area contributed by atoms with Gasteiger partial charge < -0.3 is 10.7 Å². The predicted molar refractivity (Wildman–Crippen MR) is 85.4 cm³/mol. The summed E-state index contributed by atoms with van der Waals surface area (Å²) in [6.07, 6.45) is 2.06. The Kier molecular flexibility index (Phi) is 3.24. The van der Waals surface area contributed by atoms with Crippen LogP contribution < -0.4 is 5.73 Å². The van der Waals surface area contributed by atoms with Gasteiger partial charge in [0, 0.05) is 14.9 Å². The highest BCUT2D eigenvalue weighted by Gasteiger charge is 2.11. The number of nitrogens with one attached hydrogen (secondary N) is 1. The van der Waals surface area contributed by atoms with E-state index in [1.54, 1.807) is 11.8 Å². The molecule has 19 heavy (non-hydrogen) atoms. The number of hydrogen-bond donors (Lipinski definition) is 2. The lowest BCUT2D eigenvalue weighted by atomic mass is 10.2. The fourth-order valence-electron chi connectivity index (χ4n) is 2.08. The number of aromatic amines is 1. The molecular weight excluding hydrogens is 322 g/mol. The topological polar surface area (TPSA) is 54.7 Å². The van der Waals surface area contributed by atoms with E-state index in [1.807, 2.05) is 24.3 Å². The van der Waals surface area contributed by atoms with E-state index in [0.29, 0.717) is 5.69 Å². The van der Waals surface area contributed by atoms with Gasteiger partial charge in [0.25, 0.3) is 0 Å². The average Bonchev–Trinajstić information content (AvgIpc) is 2.82. The zero-order valence-electron chi connectivity index (χ0n) is 10.3. The Labute approximate surface area is 123 Å². The summed E-state index contributed by atoms with van der Waals surface area (Å²) in [6.45, 7) is 0. The highest BCUT2D eigenvalue weighted by molar-refractivity contribution is 9.10. The van der Waals surface area contributed by atoms with Gasteiger partial charge in [0.05, 0.1) is 11.2 Å². The van der Waals surface area contributed by atoms with E-state index in [1.165, 1.54) is 4.90 Å². The summed E-state index contributed by atoms with van der Waals surface area (Å²) in [7, 11) is 0. The van der Waals surface area contributed by atoms with Crippen molar-refractivity contribution in [1.82, 2.24) is 9.97 Å². The molecule has 0 amide bonds. The van der Waals surface area contributed by atoms with Gasteiger partial charge in [-0.2, -0.15) is 0 Å². The number of hydrogen-bond acceptors (Lipinski definition) is 3. The van der Waals surface area contributed by atoms with Crippen LogP contribution in [0.4, 0.5) is 5.69 Å². The van der Waals surface area contributed by atoms with Crippen LogP contribution in [0.25, 0.3) is 22.4 Å². The van der Waals surface area contributed by atoms with Crippen molar-refractivity contribution in [2.24, 2.45) is 0 Å². The molecule has 3 aromatic rings. The molecule has 0 aliphatic carbocycles. The van der Waals surface area contributed by atoms with Crippen molar-refractivity contribution in [3.8, 4) is 11.4 Å². The summed E-state index contributed by atoms with van der Waals surface area (Å²) < 4.78 is 0.950. The van der Waals surface area contributed by atoms with Crippen LogP contribution >= 0.6 is 27.7 Å². The fourth-order valence-corrected chi connectivity index (χ4v) is 3.15. The van der Waals surface area contributed by atoms with Crippen LogP contribution in [0.3, 0.4) is 0 Å². The number of nitrogens with two attached hydrogens (primary N) is 1. The average molecular weight is 334 g/mol. The van der Waals surface area contributed by atoms with E-state index in [4.69, 9.17) is 5.73 Å². The van der Waals surface area contributed by atoms with Crippen molar-refractivity contribution < 1.29 is 0 Å². The molecule has 1 heterocycles. The smallest absolute Gasteiger partial charge is 0.139 e. The van der Waals surface area contributed by atoms with Gasteiger partial charge in [-0.15, -0.1) is 11.8 Å². The molecule has 0 radical (unpaired) electrons. The van der Waals surface area contributed by atoms with Crippen LogP contribution in [0.5, 0.6) is 0 Å². The van der Waals surface area contributed by atoms with E-state index < -0.39 is 0 Å². The first-order valence-corrected chi connectivity index (χ1v) is 7.79. The van der Waals surface area contributed by atoms with Crippen molar-refractivity contribution in [3.63, 3.8) is 0 Å². The molecule has 0 saturated carbocycles. The number of H-pyrrole nitrogens is 1. The van der Waals surface area contributed by atoms with Crippen molar-refractivity contribution in [1.29, 1.82) is 0 Å². The molecule has 0 atom stereocenters. The molecule has 0 aliphatic heterocycles. The number of thioether (sulfide) groups is 1. The second-order valence-electron chi connectivity index (χ2n) is 4.18. The Hall–Kier alpha value is -1.46. The van der Waals surface area contributed by atoms with Gasteiger partial charge in [-0.3, -0.25) is 0 Å². The molecule has 1 aromatic heterocycles. The van der Waals surface area contributed by atoms with Gasteiger partial charge in [0.1, 0.15) is 11.3 Å². The second kappa shape index (κ2) is 4.90. The fraction of sp³-hybridized carbons (Fsp3) is 0.0714. The number of nitrogens with zero attached hydrogens (tertiary/aromatic N) is 1.